The fourth-order valence-corrected chi connectivity index (χ4v) is 3.18. The molecule has 0 saturated carbocycles. The molecule has 0 bridgehead atoms. The number of likely N-dealkylation sites (N-methyl/N-ethyl adjacent to an activating group) is 1. The molecule has 2 fully saturated rings. The average Bonchev–Trinajstić information content (AvgIpc) is 2.53. The van der Waals surface area contributed by atoms with Crippen molar-refractivity contribution in [2.75, 3.05) is 52.4 Å². The summed E-state index contributed by atoms with van der Waals surface area (Å²) >= 11 is 0. The van der Waals surface area contributed by atoms with Gasteiger partial charge in [-0.2, -0.15) is 0 Å². The van der Waals surface area contributed by atoms with Crippen molar-refractivity contribution in [3.63, 3.8) is 0 Å². The van der Waals surface area contributed by atoms with E-state index in [0.29, 0.717) is 19.6 Å². The zero-order valence-corrected chi connectivity index (χ0v) is 13.3. The second-order valence-electron chi connectivity index (χ2n) is 5.86. The number of piperazine rings is 1. The molecule has 0 aliphatic carbocycles. The summed E-state index contributed by atoms with van der Waals surface area (Å²) in [7, 11) is 0. The van der Waals surface area contributed by atoms with E-state index in [2.05, 4.69) is 24.1 Å². The highest BCUT2D eigenvalue weighted by atomic mass is 16.2. The maximum absolute atomic E-state index is 12.4. The number of likely N-dealkylation sites (tertiary alicyclic amines) is 1. The Bertz CT molecular complexity index is 371. The van der Waals surface area contributed by atoms with E-state index in [1.807, 2.05) is 9.80 Å². The van der Waals surface area contributed by atoms with Gasteiger partial charge in [0.1, 0.15) is 0 Å². The minimum Gasteiger partial charge on any atom is -0.340 e. The van der Waals surface area contributed by atoms with Crippen LogP contribution in [0.15, 0.2) is 0 Å². The molecule has 6 nitrogen and oxygen atoms in total. The lowest BCUT2D eigenvalue weighted by molar-refractivity contribution is -0.141. The van der Waals surface area contributed by atoms with Crippen LogP contribution in [0.25, 0.3) is 0 Å². The van der Waals surface area contributed by atoms with Gasteiger partial charge in [0.15, 0.2) is 0 Å². The summed E-state index contributed by atoms with van der Waals surface area (Å²) in [5, 5.41) is 3.10. The Hall–Kier alpha value is -1.14. The molecule has 2 saturated heterocycles. The second-order valence-corrected chi connectivity index (χ2v) is 5.86. The molecule has 2 aliphatic heterocycles. The molecular formula is C15H28N4O2. The largest absolute Gasteiger partial charge is 0.340 e. The molecule has 2 heterocycles. The van der Waals surface area contributed by atoms with Crippen molar-refractivity contribution in [2.45, 2.75) is 32.7 Å². The molecule has 1 unspecified atom stereocenters. The van der Waals surface area contributed by atoms with Crippen LogP contribution in [0.4, 0.5) is 0 Å². The molecule has 0 aromatic rings. The lowest BCUT2D eigenvalue weighted by atomic mass is 10.0. The number of rotatable bonds is 5. The summed E-state index contributed by atoms with van der Waals surface area (Å²) < 4.78 is 0. The summed E-state index contributed by atoms with van der Waals surface area (Å²) in [5.74, 6) is 0.371. The average molecular weight is 296 g/mol. The highest BCUT2D eigenvalue weighted by molar-refractivity contribution is 5.80. The van der Waals surface area contributed by atoms with Gasteiger partial charge in [-0.15, -0.1) is 0 Å². The molecule has 120 valence electrons. The topological polar surface area (TPSA) is 55.9 Å². The van der Waals surface area contributed by atoms with Gasteiger partial charge in [0.2, 0.25) is 11.8 Å². The van der Waals surface area contributed by atoms with Crippen molar-refractivity contribution in [3.8, 4) is 0 Å². The standard InChI is InChI=1S/C15H28N4O2/c1-3-17(4-2)12-15(21)18-8-5-6-13(11-18)19-9-7-16-10-14(19)20/h13,16H,3-12H2,1-2H3. The van der Waals surface area contributed by atoms with Gasteiger partial charge in [-0.1, -0.05) is 13.8 Å². The molecule has 0 aromatic heterocycles. The molecule has 2 amide bonds. The zero-order chi connectivity index (χ0) is 15.2. The van der Waals surface area contributed by atoms with Crippen LogP contribution in [0.2, 0.25) is 0 Å². The summed E-state index contributed by atoms with van der Waals surface area (Å²) in [6.07, 6.45) is 2.01. The first-order chi connectivity index (χ1) is 10.2. The number of nitrogens with zero attached hydrogens (tertiary/aromatic N) is 3. The van der Waals surface area contributed by atoms with E-state index in [1.165, 1.54) is 0 Å². The van der Waals surface area contributed by atoms with Crippen LogP contribution in [0.5, 0.6) is 0 Å². The third-order valence-electron chi connectivity index (χ3n) is 4.57. The van der Waals surface area contributed by atoms with Crippen LogP contribution >= 0.6 is 0 Å². The predicted octanol–water partition coefficient (Wildman–Crippen LogP) is -0.249. The van der Waals surface area contributed by atoms with Crippen molar-refractivity contribution >= 4 is 11.8 Å². The molecule has 21 heavy (non-hydrogen) atoms. The van der Waals surface area contributed by atoms with E-state index in [0.717, 1.165) is 45.6 Å². The van der Waals surface area contributed by atoms with Crippen LogP contribution in [-0.2, 0) is 9.59 Å². The van der Waals surface area contributed by atoms with Crippen molar-refractivity contribution in [2.24, 2.45) is 0 Å². The number of hydrogen-bond donors (Lipinski definition) is 1. The third-order valence-corrected chi connectivity index (χ3v) is 4.57. The van der Waals surface area contributed by atoms with E-state index >= 15 is 0 Å². The number of carbonyl (C=O) groups is 2. The Balaban J connectivity index is 1.90. The van der Waals surface area contributed by atoms with E-state index < -0.39 is 0 Å². The van der Waals surface area contributed by atoms with E-state index in [-0.39, 0.29) is 17.9 Å². The smallest absolute Gasteiger partial charge is 0.236 e. The first-order valence-electron chi connectivity index (χ1n) is 8.16. The summed E-state index contributed by atoms with van der Waals surface area (Å²) in [4.78, 5) is 30.4. The highest BCUT2D eigenvalue weighted by Crippen LogP contribution is 2.17. The first kappa shape index (κ1) is 16.2. The van der Waals surface area contributed by atoms with Gasteiger partial charge in [-0.05, 0) is 25.9 Å². The SMILES string of the molecule is CCN(CC)CC(=O)N1CCCC(N2CCNCC2=O)C1. The monoisotopic (exact) mass is 296 g/mol. The Morgan fingerprint density at radius 2 is 2.10 bits per heavy atom. The fourth-order valence-electron chi connectivity index (χ4n) is 3.18. The molecule has 2 rings (SSSR count). The Labute approximate surface area is 127 Å². The number of hydrogen-bond acceptors (Lipinski definition) is 4. The number of amides is 2. The Kier molecular flexibility index (Phi) is 5.99. The number of piperidine rings is 1. The molecule has 0 spiro atoms. The van der Waals surface area contributed by atoms with Crippen molar-refractivity contribution in [1.82, 2.24) is 20.0 Å². The number of carbonyl (C=O) groups excluding carboxylic acids is 2. The van der Waals surface area contributed by atoms with Gasteiger partial charge >= 0.3 is 0 Å². The summed E-state index contributed by atoms with van der Waals surface area (Å²) in [5.41, 5.74) is 0. The van der Waals surface area contributed by atoms with Crippen LogP contribution in [0.3, 0.4) is 0 Å². The minimum absolute atomic E-state index is 0.171. The van der Waals surface area contributed by atoms with Crippen LogP contribution in [0.1, 0.15) is 26.7 Å². The third kappa shape index (κ3) is 4.17. The molecule has 6 heteroatoms. The Morgan fingerprint density at radius 3 is 2.76 bits per heavy atom. The Morgan fingerprint density at radius 1 is 1.33 bits per heavy atom. The van der Waals surface area contributed by atoms with E-state index in [4.69, 9.17) is 0 Å². The van der Waals surface area contributed by atoms with Crippen LogP contribution < -0.4 is 5.32 Å². The molecule has 1 atom stereocenters. The quantitative estimate of drug-likeness (QED) is 0.760. The maximum atomic E-state index is 12.4. The lowest BCUT2D eigenvalue weighted by Crippen LogP contribution is -2.58. The van der Waals surface area contributed by atoms with Crippen molar-refractivity contribution < 1.29 is 9.59 Å². The molecule has 0 aromatic carbocycles. The first-order valence-corrected chi connectivity index (χ1v) is 8.16. The maximum Gasteiger partial charge on any atom is 0.236 e. The van der Waals surface area contributed by atoms with Gasteiger partial charge in [0, 0.05) is 32.2 Å². The number of nitrogens with one attached hydrogen (secondary N) is 1. The van der Waals surface area contributed by atoms with Gasteiger partial charge in [0.05, 0.1) is 13.1 Å². The predicted molar refractivity (Wildman–Crippen MR) is 82.0 cm³/mol. The van der Waals surface area contributed by atoms with E-state index in [9.17, 15) is 9.59 Å². The van der Waals surface area contributed by atoms with Crippen molar-refractivity contribution in [1.29, 1.82) is 0 Å². The minimum atomic E-state index is 0.171. The highest BCUT2D eigenvalue weighted by Gasteiger charge is 2.31. The lowest BCUT2D eigenvalue weighted by Gasteiger charge is -2.41. The normalized spacial score (nSPS) is 23.8. The second kappa shape index (κ2) is 7.75. The van der Waals surface area contributed by atoms with Gasteiger partial charge in [-0.3, -0.25) is 14.5 Å². The van der Waals surface area contributed by atoms with Gasteiger partial charge in [0.25, 0.3) is 0 Å². The van der Waals surface area contributed by atoms with Gasteiger partial charge in [-0.25, -0.2) is 0 Å². The van der Waals surface area contributed by atoms with Crippen LogP contribution in [0, 0.1) is 0 Å². The fraction of sp³-hybridized carbons (Fsp3) is 0.867. The molecule has 0 radical (unpaired) electrons. The van der Waals surface area contributed by atoms with E-state index in [1.54, 1.807) is 0 Å². The zero-order valence-electron chi connectivity index (χ0n) is 13.3. The molecular weight excluding hydrogens is 268 g/mol. The summed E-state index contributed by atoms with van der Waals surface area (Å²) in [6.45, 7) is 10.0. The van der Waals surface area contributed by atoms with Gasteiger partial charge < -0.3 is 15.1 Å². The summed E-state index contributed by atoms with van der Waals surface area (Å²) in [6, 6.07) is 0.203. The van der Waals surface area contributed by atoms with Crippen molar-refractivity contribution in [3.05, 3.63) is 0 Å². The molecule has 1 N–H and O–H groups in total. The van der Waals surface area contributed by atoms with Crippen LogP contribution in [-0.4, -0.2) is 84.9 Å². The molecule has 2 aliphatic rings.